The predicted octanol–water partition coefficient (Wildman–Crippen LogP) is 2.74. The Labute approximate surface area is 124 Å². The summed E-state index contributed by atoms with van der Waals surface area (Å²) in [5.41, 5.74) is 0.798. The Morgan fingerprint density at radius 3 is 3.20 bits per heavy atom. The second-order valence-electron chi connectivity index (χ2n) is 5.11. The number of piperidine rings is 1. The van der Waals surface area contributed by atoms with Gasteiger partial charge in [-0.05, 0) is 30.2 Å². The highest BCUT2D eigenvalue weighted by atomic mass is 32.1. The number of aliphatic hydroxyl groups is 1. The summed E-state index contributed by atoms with van der Waals surface area (Å²) in [4.78, 5) is 15.3. The molecule has 0 aliphatic carbocycles. The van der Waals surface area contributed by atoms with E-state index in [2.05, 4.69) is 18.8 Å². The number of rotatable bonds is 3. The van der Waals surface area contributed by atoms with Crippen LogP contribution in [0, 0.1) is 17.8 Å². The lowest BCUT2D eigenvalue weighted by molar-refractivity contribution is 0.0676. The number of nitrogens with zero attached hydrogens (tertiary/aromatic N) is 1. The second-order valence-corrected chi connectivity index (χ2v) is 6.02. The minimum Gasteiger partial charge on any atom is -0.395 e. The molecular formula is C16H21NO2S. The summed E-state index contributed by atoms with van der Waals surface area (Å²) >= 11 is 1.46. The molecule has 4 heteroatoms. The maximum atomic E-state index is 12.6. The van der Waals surface area contributed by atoms with Gasteiger partial charge in [0.2, 0.25) is 0 Å². The molecule has 0 aromatic carbocycles. The SMILES string of the molecule is CCC1CCCN(C(=O)c2sccc2C#CCCO)C1. The van der Waals surface area contributed by atoms with Gasteiger partial charge in [0.05, 0.1) is 6.61 Å². The molecule has 1 N–H and O–H groups in total. The molecule has 1 atom stereocenters. The standard InChI is InChI=1S/C16H21NO2S/c1-2-13-6-5-9-17(12-13)16(19)15-14(8-11-20-15)7-3-4-10-18/h8,11,13,18H,2,4-6,9-10,12H2,1H3. The molecule has 1 fully saturated rings. The van der Waals surface area contributed by atoms with Crippen molar-refractivity contribution < 1.29 is 9.90 Å². The van der Waals surface area contributed by atoms with Crippen molar-refractivity contribution in [2.75, 3.05) is 19.7 Å². The number of likely N-dealkylation sites (tertiary alicyclic amines) is 1. The van der Waals surface area contributed by atoms with Crippen molar-refractivity contribution in [3.8, 4) is 11.8 Å². The average molecular weight is 291 g/mol. The lowest BCUT2D eigenvalue weighted by Crippen LogP contribution is -2.39. The van der Waals surface area contributed by atoms with Gasteiger partial charge in [0, 0.05) is 25.1 Å². The van der Waals surface area contributed by atoms with Gasteiger partial charge in [0.25, 0.3) is 5.91 Å². The van der Waals surface area contributed by atoms with Crippen molar-refractivity contribution in [3.05, 3.63) is 21.9 Å². The van der Waals surface area contributed by atoms with E-state index in [1.165, 1.54) is 17.8 Å². The molecule has 2 rings (SSSR count). The first-order valence-electron chi connectivity index (χ1n) is 7.22. The molecule has 0 radical (unpaired) electrons. The van der Waals surface area contributed by atoms with Crippen molar-refractivity contribution in [2.24, 2.45) is 5.92 Å². The number of aliphatic hydroxyl groups excluding tert-OH is 1. The fourth-order valence-electron chi connectivity index (χ4n) is 2.51. The quantitative estimate of drug-likeness (QED) is 0.870. The van der Waals surface area contributed by atoms with Crippen molar-refractivity contribution >= 4 is 17.2 Å². The van der Waals surface area contributed by atoms with Gasteiger partial charge in [-0.2, -0.15) is 0 Å². The molecule has 1 amide bonds. The fourth-order valence-corrected chi connectivity index (χ4v) is 3.33. The maximum absolute atomic E-state index is 12.6. The Balaban J connectivity index is 2.10. The first-order chi connectivity index (χ1) is 9.76. The Hall–Kier alpha value is -1.31. The maximum Gasteiger partial charge on any atom is 0.265 e. The van der Waals surface area contributed by atoms with Crippen LogP contribution in [0.1, 0.15) is 47.8 Å². The fraction of sp³-hybridized carbons (Fsp3) is 0.562. The van der Waals surface area contributed by atoms with Crippen LogP contribution in [0.3, 0.4) is 0 Å². The van der Waals surface area contributed by atoms with Gasteiger partial charge in [-0.25, -0.2) is 0 Å². The van der Waals surface area contributed by atoms with Gasteiger partial charge >= 0.3 is 0 Å². The number of amides is 1. The molecule has 1 saturated heterocycles. The van der Waals surface area contributed by atoms with Crippen LogP contribution in [0.2, 0.25) is 0 Å². The summed E-state index contributed by atoms with van der Waals surface area (Å²) in [5.74, 6) is 6.64. The van der Waals surface area contributed by atoms with E-state index in [4.69, 9.17) is 5.11 Å². The van der Waals surface area contributed by atoms with Crippen LogP contribution in [-0.2, 0) is 0 Å². The monoisotopic (exact) mass is 291 g/mol. The highest BCUT2D eigenvalue weighted by Crippen LogP contribution is 2.24. The van der Waals surface area contributed by atoms with Crippen molar-refractivity contribution in [2.45, 2.75) is 32.6 Å². The van der Waals surface area contributed by atoms with Crippen molar-refractivity contribution in [1.29, 1.82) is 0 Å². The molecule has 3 nitrogen and oxygen atoms in total. The molecule has 0 saturated carbocycles. The minimum atomic E-state index is 0.0602. The molecular weight excluding hydrogens is 270 g/mol. The third-order valence-corrected chi connectivity index (χ3v) is 4.61. The lowest BCUT2D eigenvalue weighted by Gasteiger charge is -2.32. The van der Waals surface area contributed by atoms with Crippen LogP contribution in [-0.4, -0.2) is 35.6 Å². The third kappa shape index (κ3) is 3.62. The summed E-state index contributed by atoms with van der Waals surface area (Å²) in [6, 6.07) is 1.89. The van der Waals surface area contributed by atoms with E-state index in [-0.39, 0.29) is 12.5 Å². The largest absolute Gasteiger partial charge is 0.395 e. The van der Waals surface area contributed by atoms with Gasteiger partial charge in [-0.15, -0.1) is 11.3 Å². The first-order valence-corrected chi connectivity index (χ1v) is 8.10. The first kappa shape index (κ1) is 15.1. The normalized spacial score (nSPS) is 18.5. The van der Waals surface area contributed by atoms with Gasteiger partial charge in [-0.3, -0.25) is 4.79 Å². The smallest absolute Gasteiger partial charge is 0.265 e. The van der Waals surface area contributed by atoms with Crippen molar-refractivity contribution in [1.82, 2.24) is 4.90 Å². The van der Waals surface area contributed by atoms with E-state index in [0.29, 0.717) is 12.3 Å². The number of carbonyl (C=O) groups excluding carboxylic acids is 1. The molecule has 2 heterocycles. The number of carbonyl (C=O) groups is 1. The molecule has 1 aliphatic heterocycles. The number of thiophene rings is 1. The average Bonchev–Trinajstić information content (AvgIpc) is 2.95. The molecule has 1 aromatic rings. The van der Waals surface area contributed by atoms with E-state index >= 15 is 0 Å². The summed E-state index contributed by atoms with van der Waals surface area (Å²) < 4.78 is 0. The van der Waals surface area contributed by atoms with Crippen LogP contribution >= 0.6 is 11.3 Å². The lowest BCUT2D eigenvalue weighted by atomic mass is 9.95. The predicted molar refractivity (Wildman–Crippen MR) is 81.8 cm³/mol. The molecule has 1 aliphatic rings. The number of hydrogen-bond donors (Lipinski definition) is 1. The van der Waals surface area contributed by atoms with Gasteiger partial charge in [0.15, 0.2) is 0 Å². The zero-order valence-electron chi connectivity index (χ0n) is 11.9. The van der Waals surface area contributed by atoms with Crippen LogP contribution in [0.25, 0.3) is 0 Å². The Morgan fingerprint density at radius 1 is 1.60 bits per heavy atom. The van der Waals surface area contributed by atoms with Crippen molar-refractivity contribution in [3.63, 3.8) is 0 Å². The minimum absolute atomic E-state index is 0.0602. The van der Waals surface area contributed by atoms with Gasteiger partial charge in [-0.1, -0.05) is 25.2 Å². The molecule has 1 aromatic heterocycles. The van der Waals surface area contributed by atoms with Crippen LogP contribution in [0.4, 0.5) is 0 Å². The summed E-state index contributed by atoms with van der Waals surface area (Å²) in [6.45, 7) is 3.98. The molecule has 108 valence electrons. The topological polar surface area (TPSA) is 40.5 Å². The Bertz CT molecular complexity index is 512. The van der Waals surface area contributed by atoms with E-state index in [1.807, 2.05) is 16.3 Å². The van der Waals surface area contributed by atoms with Crippen LogP contribution < -0.4 is 0 Å². The molecule has 20 heavy (non-hydrogen) atoms. The van der Waals surface area contributed by atoms with Crippen LogP contribution in [0.5, 0.6) is 0 Å². The van der Waals surface area contributed by atoms with E-state index < -0.39 is 0 Å². The Morgan fingerprint density at radius 2 is 2.45 bits per heavy atom. The molecule has 0 spiro atoms. The summed E-state index contributed by atoms with van der Waals surface area (Å²) in [6.07, 6.45) is 3.91. The zero-order valence-corrected chi connectivity index (χ0v) is 12.7. The highest BCUT2D eigenvalue weighted by molar-refractivity contribution is 7.12. The summed E-state index contributed by atoms with van der Waals surface area (Å²) in [5, 5.41) is 10.7. The Kier molecular flexibility index (Phi) is 5.63. The number of hydrogen-bond acceptors (Lipinski definition) is 3. The van der Waals surface area contributed by atoms with Crippen LogP contribution in [0.15, 0.2) is 11.4 Å². The molecule has 0 bridgehead atoms. The zero-order chi connectivity index (χ0) is 14.4. The molecule has 1 unspecified atom stereocenters. The highest BCUT2D eigenvalue weighted by Gasteiger charge is 2.25. The van der Waals surface area contributed by atoms with Gasteiger partial charge < -0.3 is 10.0 Å². The second kappa shape index (κ2) is 7.47. The van der Waals surface area contributed by atoms with E-state index in [0.717, 1.165) is 36.4 Å². The summed E-state index contributed by atoms with van der Waals surface area (Å²) in [7, 11) is 0. The van der Waals surface area contributed by atoms with E-state index in [9.17, 15) is 4.79 Å². The van der Waals surface area contributed by atoms with Gasteiger partial charge in [0.1, 0.15) is 4.88 Å². The van der Waals surface area contributed by atoms with E-state index in [1.54, 1.807) is 0 Å². The third-order valence-electron chi connectivity index (χ3n) is 3.70.